The van der Waals surface area contributed by atoms with Crippen LogP contribution in [0.25, 0.3) is 0 Å². The molecule has 1 heterocycles. The highest BCUT2D eigenvalue weighted by Crippen LogP contribution is 2.42. The Bertz CT molecular complexity index is 924. The topological polar surface area (TPSA) is 73.2 Å². The number of hydrogen-bond donors (Lipinski definition) is 0. The fraction of sp³-hybridized carbons (Fsp3) is 0.286. The van der Waals surface area contributed by atoms with Crippen LogP contribution in [0, 0.1) is 6.92 Å². The first-order chi connectivity index (χ1) is 10.2. The van der Waals surface area contributed by atoms with Gasteiger partial charge in [-0.05, 0) is 38.0 Å². The van der Waals surface area contributed by atoms with Crippen LogP contribution in [0.2, 0.25) is 0 Å². The van der Waals surface area contributed by atoms with Crippen molar-refractivity contribution in [1.29, 1.82) is 0 Å². The maximum atomic E-state index is 12.8. The van der Waals surface area contributed by atoms with Crippen molar-refractivity contribution in [2.75, 3.05) is 0 Å². The number of halogens is 1. The number of hydrogen-bond acceptors (Lipinski definition) is 4. The van der Waals surface area contributed by atoms with Gasteiger partial charge in [-0.2, -0.15) is 0 Å². The van der Waals surface area contributed by atoms with Gasteiger partial charge in [-0.15, -0.1) is 0 Å². The first kappa shape index (κ1) is 15.6. The van der Waals surface area contributed by atoms with Crippen molar-refractivity contribution in [2.24, 2.45) is 0 Å². The second-order valence-corrected chi connectivity index (χ2v) is 9.81. The van der Waals surface area contributed by atoms with Crippen LogP contribution in [0.15, 0.2) is 46.3 Å². The van der Waals surface area contributed by atoms with E-state index in [2.05, 4.69) is 0 Å². The lowest BCUT2D eigenvalue weighted by Gasteiger charge is -2.10. The number of benzene rings is 1. The molecule has 0 amide bonds. The molecule has 0 radical (unpaired) electrons. The summed E-state index contributed by atoms with van der Waals surface area (Å²) in [6.07, 6.45) is 2.77. The third kappa shape index (κ3) is 2.80. The van der Waals surface area contributed by atoms with Crippen molar-refractivity contribution in [3.05, 3.63) is 47.8 Å². The van der Waals surface area contributed by atoms with Crippen molar-refractivity contribution in [2.45, 2.75) is 35.5 Å². The van der Waals surface area contributed by atoms with E-state index in [9.17, 15) is 16.8 Å². The molecule has 1 aromatic heterocycles. The summed E-state index contributed by atoms with van der Waals surface area (Å²) in [5, 5.41) is 0. The molecule has 0 atom stereocenters. The number of aromatic nitrogens is 1. The van der Waals surface area contributed by atoms with E-state index in [4.69, 9.17) is 10.7 Å². The van der Waals surface area contributed by atoms with Crippen LogP contribution in [0.4, 0.5) is 0 Å². The van der Waals surface area contributed by atoms with Crippen LogP contribution in [0.3, 0.4) is 0 Å². The molecule has 3 rings (SSSR count). The summed E-state index contributed by atoms with van der Waals surface area (Å²) in [6.45, 7) is 1.86. The van der Waals surface area contributed by atoms with Crippen LogP contribution in [-0.4, -0.2) is 20.8 Å². The minimum atomic E-state index is -3.97. The molecule has 1 fully saturated rings. The minimum absolute atomic E-state index is 0.0624. The van der Waals surface area contributed by atoms with E-state index in [0.29, 0.717) is 5.69 Å². The molecule has 5 nitrogen and oxygen atoms in total. The zero-order chi connectivity index (χ0) is 16.1. The van der Waals surface area contributed by atoms with E-state index in [-0.39, 0.29) is 15.7 Å². The number of rotatable bonds is 4. The Balaban J connectivity index is 2.18. The zero-order valence-electron chi connectivity index (χ0n) is 11.7. The lowest BCUT2D eigenvalue weighted by molar-refractivity contribution is 0.585. The molecular formula is C14H14ClNO4S2. The molecular weight excluding hydrogens is 346 g/mol. The molecule has 0 unspecified atom stereocenters. The zero-order valence-corrected chi connectivity index (χ0v) is 14.1. The minimum Gasteiger partial charge on any atom is -0.244 e. The van der Waals surface area contributed by atoms with E-state index in [0.717, 1.165) is 28.6 Å². The Morgan fingerprint density at radius 3 is 2.14 bits per heavy atom. The predicted octanol–water partition coefficient (Wildman–Crippen LogP) is 2.84. The molecule has 1 aliphatic carbocycles. The lowest BCUT2D eigenvalue weighted by atomic mass is 10.2. The van der Waals surface area contributed by atoms with E-state index < -0.39 is 19.1 Å². The van der Waals surface area contributed by atoms with Gasteiger partial charge in [-0.1, -0.05) is 17.7 Å². The molecule has 0 bridgehead atoms. The van der Waals surface area contributed by atoms with E-state index in [1.807, 2.05) is 6.92 Å². The van der Waals surface area contributed by atoms with Crippen LogP contribution in [-0.2, 0) is 19.1 Å². The highest BCUT2D eigenvalue weighted by molar-refractivity contribution is 8.13. The fourth-order valence-corrected chi connectivity index (χ4v) is 4.53. The highest BCUT2D eigenvalue weighted by atomic mass is 35.7. The number of nitrogens with zero attached hydrogens (tertiary/aromatic N) is 1. The van der Waals surface area contributed by atoms with E-state index >= 15 is 0 Å². The van der Waals surface area contributed by atoms with Gasteiger partial charge in [0.25, 0.3) is 19.1 Å². The maximum absolute atomic E-state index is 12.8. The summed E-state index contributed by atoms with van der Waals surface area (Å²) >= 11 is 0. The summed E-state index contributed by atoms with van der Waals surface area (Å²) in [5.41, 5.74) is 1.41. The summed E-state index contributed by atoms with van der Waals surface area (Å²) in [5.74, 6) is 0.0624. The van der Waals surface area contributed by atoms with Crippen molar-refractivity contribution in [3.8, 4) is 0 Å². The first-order valence-corrected chi connectivity index (χ1v) is 10.4. The Morgan fingerprint density at radius 1 is 1.05 bits per heavy atom. The Labute approximate surface area is 134 Å². The Morgan fingerprint density at radius 2 is 1.64 bits per heavy atom. The quantitative estimate of drug-likeness (QED) is 0.787. The summed E-state index contributed by atoms with van der Waals surface area (Å²) < 4.78 is 49.6. The standard InChI is InChI=1S/C14H14ClNO4S2/c1-10-2-6-12(7-3-10)22(19,20)16-9-13(21(15,17)18)8-14(16)11-4-5-11/h2-3,6-9,11H,4-5H2,1H3. The highest BCUT2D eigenvalue weighted by Gasteiger charge is 2.33. The summed E-state index contributed by atoms with van der Waals surface area (Å²) in [6, 6.07) is 7.77. The van der Waals surface area contributed by atoms with E-state index in [1.165, 1.54) is 18.2 Å². The third-order valence-corrected chi connectivity index (χ3v) is 6.67. The molecule has 22 heavy (non-hydrogen) atoms. The second-order valence-electron chi connectivity index (χ2n) is 5.43. The van der Waals surface area contributed by atoms with Crippen molar-refractivity contribution in [3.63, 3.8) is 0 Å². The van der Waals surface area contributed by atoms with Crippen LogP contribution < -0.4 is 0 Å². The molecule has 0 saturated heterocycles. The van der Waals surface area contributed by atoms with E-state index in [1.54, 1.807) is 12.1 Å². The first-order valence-electron chi connectivity index (χ1n) is 6.69. The average Bonchev–Trinajstić information content (AvgIpc) is 3.15. The molecule has 1 aromatic carbocycles. The molecule has 2 aromatic rings. The average molecular weight is 360 g/mol. The summed E-state index contributed by atoms with van der Waals surface area (Å²) in [4.78, 5) is -0.0686. The molecule has 118 valence electrons. The van der Waals surface area contributed by atoms with Gasteiger partial charge in [0.15, 0.2) is 0 Å². The molecule has 1 saturated carbocycles. The van der Waals surface area contributed by atoms with Gasteiger partial charge in [0.2, 0.25) is 0 Å². The van der Waals surface area contributed by atoms with Crippen LogP contribution in [0.1, 0.15) is 30.0 Å². The molecule has 0 spiro atoms. The maximum Gasteiger partial charge on any atom is 0.267 e. The molecule has 8 heteroatoms. The Hall–Kier alpha value is -1.31. The van der Waals surface area contributed by atoms with Crippen molar-refractivity contribution >= 4 is 29.8 Å². The van der Waals surface area contributed by atoms with Gasteiger partial charge in [0.05, 0.1) is 4.90 Å². The molecule has 0 aliphatic heterocycles. The number of aryl methyl sites for hydroxylation is 1. The van der Waals surface area contributed by atoms with Crippen LogP contribution >= 0.6 is 10.7 Å². The lowest BCUT2D eigenvalue weighted by Crippen LogP contribution is -2.14. The van der Waals surface area contributed by atoms with Crippen molar-refractivity contribution in [1.82, 2.24) is 3.97 Å². The fourth-order valence-electron chi connectivity index (χ4n) is 2.28. The smallest absolute Gasteiger partial charge is 0.244 e. The largest absolute Gasteiger partial charge is 0.267 e. The SMILES string of the molecule is Cc1ccc(S(=O)(=O)n2cc(S(=O)(=O)Cl)cc2C2CC2)cc1. The molecule has 1 aliphatic rings. The predicted molar refractivity (Wildman–Crippen MR) is 83.2 cm³/mol. The Kier molecular flexibility index (Phi) is 3.62. The second kappa shape index (κ2) is 5.11. The van der Waals surface area contributed by atoms with Gasteiger partial charge in [-0.3, -0.25) is 0 Å². The summed E-state index contributed by atoms with van der Waals surface area (Å²) in [7, 11) is -2.46. The monoisotopic (exact) mass is 359 g/mol. The van der Waals surface area contributed by atoms with Gasteiger partial charge in [0.1, 0.15) is 4.90 Å². The normalized spacial score (nSPS) is 15.9. The van der Waals surface area contributed by atoms with Gasteiger partial charge >= 0.3 is 0 Å². The van der Waals surface area contributed by atoms with Gasteiger partial charge in [0, 0.05) is 28.5 Å². The van der Waals surface area contributed by atoms with Gasteiger partial charge in [-0.25, -0.2) is 20.8 Å². The van der Waals surface area contributed by atoms with Crippen LogP contribution in [0.5, 0.6) is 0 Å². The molecule has 0 N–H and O–H groups in total. The van der Waals surface area contributed by atoms with Gasteiger partial charge < -0.3 is 0 Å². The van der Waals surface area contributed by atoms with Crippen molar-refractivity contribution < 1.29 is 16.8 Å². The third-order valence-electron chi connectivity index (χ3n) is 3.64.